The van der Waals surface area contributed by atoms with E-state index < -0.39 is 5.91 Å². The molecule has 2 heterocycles. The molecule has 0 saturated carbocycles. The van der Waals surface area contributed by atoms with E-state index in [9.17, 15) is 9.59 Å². The van der Waals surface area contributed by atoms with Crippen molar-refractivity contribution in [1.82, 2.24) is 14.7 Å². The van der Waals surface area contributed by atoms with Crippen LogP contribution in [0.25, 0.3) is 0 Å². The number of likely N-dealkylation sites (tertiary alicyclic amines) is 1. The minimum atomic E-state index is -0.489. The van der Waals surface area contributed by atoms with Gasteiger partial charge in [-0.2, -0.15) is 5.10 Å². The lowest BCUT2D eigenvalue weighted by Gasteiger charge is -2.25. The van der Waals surface area contributed by atoms with Crippen LogP contribution >= 0.6 is 11.6 Å². The number of nitrogens with two attached hydrogens (primary N) is 1. The number of nitrogens with one attached hydrogen (secondary N) is 1. The summed E-state index contributed by atoms with van der Waals surface area (Å²) in [5.41, 5.74) is 6.68. The summed E-state index contributed by atoms with van der Waals surface area (Å²) in [5, 5.41) is 7.46. The molecule has 3 rings (SSSR count). The van der Waals surface area contributed by atoms with Crippen LogP contribution in [0.1, 0.15) is 24.4 Å². The van der Waals surface area contributed by atoms with Gasteiger partial charge < -0.3 is 16.0 Å². The zero-order valence-corrected chi connectivity index (χ0v) is 13.7. The minimum Gasteiger partial charge on any atom is -0.368 e. The van der Waals surface area contributed by atoms with Gasteiger partial charge in [0, 0.05) is 17.8 Å². The zero-order chi connectivity index (χ0) is 17.1. The number of hydrogen-bond donors (Lipinski definition) is 2. The maximum atomic E-state index is 12.6. The Labute approximate surface area is 144 Å². The number of urea groups is 1. The van der Waals surface area contributed by atoms with Gasteiger partial charge in [-0.15, -0.1) is 0 Å². The molecule has 1 aromatic carbocycles. The Morgan fingerprint density at radius 2 is 2.25 bits per heavy atom. The van der Waals surface area contributed by atoms with Crippen molar-refractivity contribution in [1.29, 1.82) is 0 Å². The molecule has 1 unspecified atom stereocenters. The summed E-state index contributed by atoms with van der Waals surface area (Å²) in [7, 11) is 0. The number of carbonyl (C=O) groups excluding carboxylic acids is 2. The molecule has 24 heavy (non-hydrogen) atoms. The van der Waals surface area contributed by atoms with Gasteiger partial charge in [-0.05, 0) is 30.5 Å². The molecular weight excluding hydrogens is 330 g/mol. The third-order valence-corrected chi connectivity index (χ3v) is 4.18. The molecule has 1 atom stereocenters. The number of nitrogens with zero attached hydrogens (tertiary/aromatic N) is 3. The third kappa shape index (κ3) is 3.68. The molecule has 8 heteroatoms. The Bertz CT molecular complexity index is 760. The van der Waals surface area contributed by atoms with Gasteiger partial charge in [0.25, 0.3) is 0 Å². The first-order valence-electron chi connectivity index (χ1n) is 7.67. The average molecular weight is 348 g/mol. The van der Waals surface area contributed by atoms with Crippen LogP contribution < -0.4 is 11.1 Å². The molecule has 1 fully saturated rings. The maximum Gasteiger partial charge on any atom is 0.322 e. The van der Waals surface area contributed by atoms with Crippen molar-refractivity contribution in [2.75, 3.05) is 11.9 Å². The fourth-order valence-corrected chi connectivity index (χ4v) is 3.14. The Morgan fingerprint density at radius 1 is 1.42 bits per heavy atom. The number of hydrogen-bond acceptors (Lipinski definition) is 3. The molecule has 3 amide bonds. The van der Waals surface area contributed by atoms with Gasteiger partial charge in [-0.25, -0.2) is 4.79 Å². The van der Waals surface area contributed by atoms with Gasteiger partial charge in [0.15, 0.2) is 0 Å². The summed E-state index contributed by atoms with van der Waals surface area (Å²) in [5.74, 6) is -0.489. The van der Waals surface area contributed by atoms with Crippen LogP contribution in [0.4, 0.5) is 10.5 Å². The predicted octanol–water partition coefficient (Wildman–Crippen LogP) is 2.39. The van der Waals surface area contributed by atoms with E-state index in [4.69, 9.17) is 17.3 Å². The Kier molecular flexibility index (Phi) is 4.71. The summed E-state index contributed by atoms with van der Waals surface area (Å²) < 4.78 is 1.39. The molecule has 0 aliphatic carbocycles. The highest BCUT2D eigenvalue weighted by molar-refractivity contribution is 6.30. The first-order valence-corrected chi connectivity index (χ1v) is 8.04. The number of primary amides is 1. The standard InChI is InChI=1S/C16H18ClN5O2/c17-12-4-1-3-11(7-12)14-5-2-6-22(14)16(24)20-13-8-19-21(9-13)10-15(18)23/h1,3-4,7-9,14H,2,5-6,10H2,(H2,18,23)(H,20,24). The van der Waals surface area contributed by atoms with Crippen molar-refractivity contribution in [2.24, 2.45) is 5.73 Å². The zero-order valence-electron chi connectivity index (χ0n) is 13.0. The second-order valence-corrected chi connectivity index (χ2v) is 6.17. The quantitative estimate of drug-likeness (QED) is 0.889. The number of rotatable bonds is 4. The van der Waals surface area contributed by atoms with Crippen LogP contribution in [0.3, 0.4) is 0 Å². The van der Waals surface area contributed by atoms with Crippen molar-refractivity contribution in [3.63, 3.8) is 0 Å². The van der Waals surface area contributed by atoms with Crippen molar-refractivity contribution >= 4 is 29.2 Å². The fourth-order valence-electron chi connectivity index (χ4n) is 2.94. The van der Waals surface area contributed by atoms with E-state index in [1.165, 1.54) is 10.9 Å². The number of benzene rings is 1. The van der Waals surface area contributed by atoms with Crippen LogP contribution in [0.5, 0.6) is 0 Å². The van der Waals surface area contributed by atoms with E-state index in [-0.39, 0.29) is 18.6 Å². The van der Waals surface area contributed by atoms with Gasteiger partial charge in [0.1, 0.15) is 6.54 Å². The maximum absolute atomic E-state index is 12.6. The average Bonchev–Trinajstić information content (AvgIpc) is 3.16. The predicted molar refractivity (Wildman–Crippen MR) is 90.6 cm³/mol. The highest BCUT2D eigenvalue weighted by Gasteiger charge is 2.30. The molecule has 0 spiro atoms. The highest BCUT2D eigenvalue weighted by atomic mass is 35.5. The lowest BCUT2D eigenvalue weighted by molar-refractivity contribution is -0.118. The van der Waals surface area contributed by atoms with Crippen LogP contribution in [-0.4, -0.2) is 33.2 Å². The largest absolute Gasteiger partial charge is 0.368 e. The Balaban J connectivity index is 1.69. The van der Waals surface area contributed by atoms with Crippen LogP contribution in [0, 0.1) is 0 Å². The number of aromatic nitrogens is 2. The molecule has 1 saturated heterocycles. The number of amides is 3. The van der Waals surface area contributed by atoms with E-state index in [0.717, 1.165) is 18.4 Å². The smallest absolute Gasteiger partial charge is 0.322 e. The van der Waals surface area contributed by atoms with Crippen molar-refractivity contribution in [3.05, 3.63) is 47.2 Å². The molecule has 1 aliphatic rings. The molecule has 0 radical (unpaired) electrons. The van der Waals surface area contributed by atoms with E-state index in [1.807, 2.05) is 24.3 Å². The normalized spacial score (nSPS) is 17.0. The third-order valence-electron chi connectivity index (χ3n) is 3.95. The van der Waals surface area contributed by atoms with Crippen molar-refractivity contribution in [2.45, 2.75) is 25.4 Å². The summed E-state index contributed by atoms with van der Waals surface area (Å²) in [4.78, 5) is 25.2. The first-order chi connectivity index (χ1) is 11.5. The van der Waals surface area contributed by atoms with E-state index >= 15 is 0 Å². The van der Waals surface area contributed by atoms with E-state index in [2.05, 4.69) is 10.4 Å². The second-order valence-electron chi connectivity index (χ2n) is 5.73. The van der Waals surface area contributed by atoms with Crippen molar-refractivity contribution < 1.29 is 9.59 Å². The first kappa shape index (κ1) is 16.3. The summed E-state index contributed by atoms with van der Waals surface area (Å²) in [6.45, 7) is 0.656. The topological polar surface area (TPSA) is 93.2 Å². The molecule has 0 bridgehead atoms. The van der Waals surface area contributed by atoms with Gasteiger partial charge in [0.2, 0.25) is 5.91 Å². The van der Waals surface area contributed by atoms with E-state index in [0.29, 0.717) is 17.3 Å². The van der Waals surface area contributed by atoms with Gasteiger partial charge in [0.05, 0.1) is 17.9 Å². The monoisotopic (exact) mass is 347 g/mol. The molecule has 2 aromatic rings. The van der Waals surface area contributed by atoms with E-state index in [1.54, 1.807) is 11.1 Å². The number of halogens is 1. The van der Waals surface area contributed by atoms with Crippen molar-refractivity contribution in [3.8, 4) is 0 Å². The van der Waals surface area contributed by atoms with Crippen LogP contribution in [0.15, 0.2) is 36.7 Å². The second kappa shape index (κ2) is 6.92. The SMILES string of the molecule is NC(=O)Cn1cc(NC(=O)N2CCCC2c2cccc(Cl)c2)cn1. The Morgan fingerprint density at radius 3 is 3.00 bits per heavy atom. The summed E-state index contributed by atoms with van der Waals surface area (Å²) in [6.07, 6.45) is 4.90. The van der Waals surface area contributed by atoms with Crippen LogP contribution in [-0.2, 0) is 11.3 Å². The lowest BCUT2D eigenvalue weighted by atomic mass is 10.1. The fraction of sp³-hybridized carbons (Fsp3) is 0.312. The molecular formula is C16H18ClN5O2. The lowest BCUT2D eigenvalue weighted by Crippen LogP contribution is -2.34. The van der Waals surface area contributed by atoms with Gasteiger partial charge >= 0.3 is 6.03 Å². The number of anilines is 1. The molecule has 1 aromatic heterocycles. The minimum absolute atomic E-state index is 0.00404. The highest BCUT2D eigenvalue weighted by Crippen LogP contribution is 2.33. The molecule has 126 valence electrons. The molecule has 7 nitrogen and oxygen atoms in total. The van der Waals surface area contributed by atoms with Gasteiger partial charge in [-0.1, -0.05) is 23.7 Å². The summed E-state index contributed by atoms with van der Waals surface area (Å²) >= 11 is 6.06. The summed E-state index contributed by atoms with van der Waals surface area (Å²) in [6, 6.07) is 7.38. The molecule has 3 N–H and O–H groups in total. The Hall–Kier alpha value is -2.54. The van der Waals surface area contributed by atoms with Gasteiger partial charge in [-0.3, -0.25) is 9.48 Å². The molecule has 1 aliphatic heterocycles. The van der Waals surface area contributed by atoms with Crippen LogP contribution in [0.2, 0.25) is 5.02 Å². The number of carbonyl (C=O) groups is 2.